The average molecular weight is 425 g/mol. The Kier molecular flexibility index (Phi) is 7.48. The lowest BCUT2D eigenvalue weighted by molar-refractivity contribution is 0.0949. The second-order valence-electron chi connectivity index (χ2n) is 6.71. The molecule has 3 rings (SSSR count). The van der Waals surface area contributed by atoms with Crippen molar-refractivity contribution < 1.29 is 19.0 Å². The van der Waals surface area contributed by atoms with E-state index in [1.807, 2.05) is 40.0 Å². The number of nitrogens with one attached hydrogen (secondary N) is 1. The molecule has 0 fully saturated rings. The first-order valence-electron chi connectivity index (χ1n) is 10.3. The predicted octanol–water partition coefficient (Wildman–Crippen LogP) is 3.61. The first-order valence-corrected chi connectivity index (χ1v) is 10.3. The molecule has 2 aromatic heterocycles. The van der Waals surface area contributed by atoms with Crippen molar-refractivity contribution in [2.24, 2.45) is 7.05 Å². The molecule has 0 atom stereocenters. The lowest BCUT2D eigenvalue weighted by atomic mass is 10.1. The van der Waals surface area contributed by atoms with Crippen LogP contribution in [0, 0.1) is 0 Å². The summed E-state index contributed by atoms with van der Waals surface area (Å²) >= 11 is 0. The Balaban J connectivity index is 1.79. The lowest BCUT2D eigenvalue weighted by Crippen LogP contribution is -2.23. The van der Waals surface area contributed by atoms with Crippen molar-refractivity contribution in [1.82, 2.24) is 20.1 Å². The number of carbonyl (C=O) groups excluding carboxylic acids is 1. The molecule has 1 N–H and O–H groups in total. The highest BCUT2D eigenvalue weighted by atomic mass is 16.5. The molecule has 8 heteroatoms. The number of benzene rings is 1. The minimum Gasteiger partial charge on any atom is -0.490 e. The Morgan fingerprint density at radius 1 is 1.00 bits per heavy atom. The molecular weight excluding hydrogens is 396 g/mol. The Morgan fingerprint density at radius 2 is 1.68 bits per heavy atom. The second-order valence-corrected chi connectivity index (χ2v) is 6.71. The monoisotopic (exact) mass is 424 g/mol. The van der Waals surface area contributed by atoms with E-state index < -0.39 is 0 Å². The molecule has 0 bridgehead atoms. The molecule has 1 aromatic carbocycles. The summed E-state index contributed by atoms with van der Waals surface area (Å²) in [5, 5.41) is 7.13. The number of pyridine rings is 1. The third kappa shape index (κ3) is 5.33. The SMILES string of the molecule is CCOc1cc(C(=O)NCc2cncc(-c3ccnn3C)c2)cc(OCC)c1OCC. The molecule has 0 aliphatic rings. The van der Waals surface area contributed by atoms with Crippen molar-refractivity contribution in [2.45, 2.75) is 27.3 Å². The number of amides is 1. The largest absolute Gasteiger partial charge is 0.490 e. The standard InChI is InChI=1S/C23H28N4O4/c1-5-29-20-11-17(12-21(30-6-2)22(20)31-7-3)23(28)25-14-16-10-18(15-24-13-16)19-8-9-26-27(19)4/h8-13,15H,5-7,14H2,1-4H3,(H,25,28). The number of nitrogens with zero attached hydrogens (tertiary/aromatic N) is 3. The zero-order chi connectivity index (χ0) is 22.2. The zero-order valence-corrected chi connectivity index (χ0v) is 18.3. The van der Waals surface area contributed by atoms with Gasteiger partial charge in [0.05, 0.1) is 25.5 Å². The Morgan fingerprint density at radius 3 is 2.26 bits per heavy atom. The number of ether oxygens (including phenoxy) is 3. The lowest BCUT2D eigenvalue weighted by Gasteiger charge is -2.17. The maximum Gasteiger partial charge on any atom is 0.251 e. The normalized spacial score (nSPS) is 10.6. The van der Waals surface area contributed by atoms with E-state index in [-0.39, 0.29) is 5.91 Å². The summed E-state index contributed by atoms with van der Waals surface area (Å²) in [6.07, 6.45) is 5.24. The van der Waals surface area contributed by atoms with Gasteiger partial charge in [-0.2, -0.15) is 5.10 Å². The van der Waals surface area contributed by atoms with Crippen molar-refractivity contribution in [3.05, 3.63) is 54.0 Å². The van der Waals surface area contributed by atoms with E-state index in [0.717, 1.165) is 16.8 Å². The molecule has 2 heterocycles. The minimum atomic E-state index is -0.240. The fourth-order valence-electron chi connectivity index (χ4n) is 3.19. The van der Waals surface area contributed by atoms with Gasteiger partial charge in [0.15, 0.2) is 11.5 Å². The summed E-state index contributed by atoms with van der Waals surface area (Å²) in [5.41, 5.74) is 3.21. The molecule has 0 saturated carbocycles. The molecular formula is C23H28N4O4. The maximum absolute atomic E-state index is 12.9. The summed E-state index contributed by atoms with van der Waals surface area (Å²) in [7, 11) is 1.88. The number of aryl methyl sites for hydroxylation is 1. The van der Waals surface area contributed by atoms with Crippen molar-refractivity contribution in [2.75, 3.05) is 19.8 Å². The molecule has 0 spiro atoms. The summed E-state index contributed by atoms with van der Waals surface area (Å²) in [6, 6.07) is 7.26. The van der Waals surface area contributed by atoms with Crippen LogP contribution in [0.25, 0.3) is 11.3 Å². The van der Waals surface area contributed by atoms with Crippen molar-refractivity contribution in [3.63, 3.8) is 0 Å². The summed E-state index contributed by atoms with van der Waals surface area (Å²) in [5.74, 6) is 1.24. The van der Waals surface area contributed by atoms with E-state index in [2.05, 4.69) is 15.4 Å². The fourth-order valence-corrected chi connectivity index (χ4v) is 3.19. The number of hydrogen-bond donors (Lipinski definition) is 1. The number of carbonyl (C=O) groups is 1. The van der Waals surface area contributed by atoms with Crippen LogP contribution in [-0.4, -0.2) is 40.5 Å². The summed E-state index contributed by atoms with van der Waals surface area (Å²) in [4.78, 5) is 17.2. The van der Waals surface area contributed by atoms with E-state index >= 15 is 0 Å². The predicted molar refractivity (Wildman–Crippen MR) is 118 cm³/mol. The second kappa shape index (κ2) is 10.5. The van der Waals surface area contributed by atoms with Crippen LogP contribution >= 0.6 is 0 Å². The molecule has 0 unspecified atom stereocenters. The van der Waals surface area contributed by atoms with Gasteiger partial charge in [-0.1, -0.05) is 0 Å². The Bertz CT molecular complexity index is 1000. The molecule has 1 amide bonds. The van der Waals surface area contributed by atoms with Gasteiger partial charge in [0.2, 0.25) is 5.75 Å². The highest BCUT2D eigenvalue weighted by molar-refractivity contribution is 5.95. The zero-order valence-electron chi connectivity index (χ0n) is 18.3. The van der Waals surface area contributed by atoms with Crippen LogP contribution < -0.4 is 19.5 Å². The topological polar surface area (TPSA) is 87.5 Å². The van der Waals surface area contributed by atoms with Gasteiger partial charge in [-0.15, -0.1) is 0 Å². The van der Waals surface area contributed by atoms with Crippen molar-refractivity contribution in [1.29, 1.82) is 0 Å². The van der Waals surface area contributed by atoms with Gasteiger partial charge in [0, 0.05) is 43.3 Å². The maximum atomic E-state index is 12.9. The van der Waals surface area contributed by atoms with E-state index in [0.29, 0.717) is 49.2 Å². The van der Waals surface area contributed by atoms with Crippen molar-refractivity contribution in [3.8, 4) is 28.5 Å². The van der Waals surface area contributed by atoms with Crippen LogP contribution in [0.1, 0.15) is 36.7 Å². The van der Waals surface area contributed by atoms with E-state index in [1.165, 1.54) is 0 Å². The molecule has 0 saturated heterocycles. The quantitative estimate of drug-likeness (QED) is 0.535. The van der Waals surface area contributed by atoms with Gasteiger partial charge in [-0.3, -0.25) is 14.5 Å². The molecule has 0 aliphatic heterocycles. The Hall–Kier alpha value is -3.55. The molecule has 164 valence electrons. The first-order chi connectivity index (χ1) is 15.1. The van der Waals surface area contributed by atoms with Crippen LogP contribution in [-0.2, 0) is 13.6 Å². The van der Waals surface area contributed by atoms with Crippen LogP contribution in [0.4, 0.5) is 0 Å². The van der Waals surface area contributed by atoms with Crippen LogP contribution in [0.5, 0.6) is 17.2 Å². The van der Waals surface area contributed by atoms with Gasteiger partial charge < -0.3 is 19.5 Å². The van der Waals surface area contributed by atoms with Gasteiger partial charge >= 0.3 is 0 Å². The molecule has 0 radical (unpaired) electrons. The molecule has 31 heavy (non-hydrogen) atoms. The van der Waals surface area contributed by atoms with Gasteiger partial charge in [0.1, 0.15) is 0 Å². The van der Waals surface area contributed by atoms with Crippen LogP contribution in [0.15, 0.2) is 42.9 Å². The van der Waals surface area contributed by atoms with Crippen LogP contribution in [0.3, 0.4) is 0 Å². The molecule has 0 aliphatic carbocycles. The smallest absolute Gasteiger partial charge is 0.251 e. The summed E-state index contributed by atoms with van der Waals surface area (Å²) in [6.45, 7) is 7.34. The third-order valence-corrected chi connectivity index (χ3v) is 4.54. The van der Waals surface area contributed by atoms with Crippen LogP contribution in [0.2, 0.25) is 0 Å². The van der Waals surface area contributed by atoms with Gasteiger partial charge in [0.25, 0.3) is 5.91 Å². The fraction of sp³-hybridized carbons (Fsp3) is 0.348. The number of aromatic nitrogens is 3. The number of rotatable bonds is 10. The van der Waals surface area contributed by atoms with Crippen molar-refractivity contribution >= 4 is 5.91 Å². The van der Waals surface area contributed by atoms with Gasteiger partial charge in [-0.05, 0) is 50.6 Å². The molecule has 8 nitrogen and oxygen atoms in total. The van der Waals surface area contributed by atoms with Gasteiger partial charge in [-0.25, -0.2) is 0 Å². The van der Waals surface area contributed by atoms with E-state index in [4.69, 9.17) is 14.2 Å². The summed E-state index contributed by atoms with van der Waals surface area (Å²) < 4.78 is 18.9. The van der Waals surface area contributed by atoms with E-state index in [1.54, 1.807) is 35.4 Å². The number of hydrogen-bond acceptors (Lipinski definition) is 6. The first kappa shape index (κ1) is 22.1. The highest BCUT2D eigenvalue weighted by Gasteiger charge is 2.18. The average Bonchev–Trinajstić information content (AvgIpc) is 3.20. The van der Waals surface area contributed by atoms with E-state index in [9.17, 15) is 4.79 Å². The molecule has 3 aromatic rings. The Labute approximate surface area is 182 Å². The third-order valence-electron chi connectivity index (χ3n) is 4.54. The highest BCUT2D eigenvalue weighted by Crippen LogP contribution is 2.39. The minimum absolute atomic E-state index is 0.240.